The van der Waals surface area contributed by atoms with Gasteiger partial charge < -0.3 is 24.2 Å². The summed E-state index contributed by atoms with van der Waals surface area (Å²) in [4.78, 5) is 14.0. The van der Waals surface area contributed by atoms with E-state index >= 15 is 4.39 Å². The lowest BCUT2D eigenvalue weighted by Crippen LogP contribution is -2.43. The van der Waals surface area contributed by atoms with Gasteiger partial charge in [-0.15, -0.1) is 6.42 Å². The number of aromatic nitrogens is 2. The van der Waals surface area contributed by atoms with Crippen LogP contribution in [-0.4, -0.2) is 51.5 Å². The summed E-state index contributed by atoms with van der Waals surface area (Å²) < 4.78 is 70.8. The molecular weight excluding hydrogens is 482 g/mol. The molecule has 0 radical (unpaired) electrons. The Bertz CT molecular complexity index is 1370. The third-order valence-electron chi connectivity index (χ3n) is 4.84. The van der Waals surface area contributed by atoms with Gasteiger partial charge in [0.25, 0.3) is 11.4 Å². The van der Waals surface area contributed by atoms with Gasteiger partial charge in [-0.2, -0.15) is 0 Å². The Labute approximate surface area is 194 Å². The first-order valence-electron chi connectivity index (χ1n) is 10.2. The molecule has 1 aromatic carbocycles. The number of methoxy groups -OCH3 is 1. The summed E-state index contributed by atoms with van der Waals surface area (Å²) in [5.41, 5.74) is -0.604. The molecule has 11 nitrogen and oxygen atoms in total. The van der Waals surface area contributed by atoms with Crippen molar-refractivity contribution in [2.24, 2.45) is 0 Å². The number of halogens is 1. The van der Waals surface area contributed by atoms with Crippen LogP contribution in [0.15, 0.2) is 29.2 Å². The number of alkyl halides is 1. The number of ether oxygens (including phenoxy) is 2. The van der Waals surface area contributed by atoms with Gasteiger partial charge in [-0.05, 0) is 18.3 Å². The number of fused-ring (bicyclic) bond motifs is 1. The lowest BCUT2D eigenvalue weighted by molar-refractivity contribution is -0.205. The van der Waals surface area contributed by atoms with Crippen molar-refractivity contribution in [1.82, 2.24) is 9.55 Å². The average Bonchev–Trinajstić information content (AvgIpc) is 3.03. The second kappa shape index (κ2) is 8.66. The van der Waals surface area contributed by atoms with Crippen LogP contribution in [0.3, 0.4) is 0 Å². The Balaban J connectivity index is 1.65. The van der Waals surface area contributed by atoms with Crippen molar-refractivity contribution in [2.75, 3.05) is 13.7 Å². The number of aromatic amines is 1. The predicted molar refractivity (Wildman–Crippen MR) is 112 cm³/mol. The number of aliphatic hydroxyl groups is 2. The molecule has 0 saturated carbocycles. The molecule has 2 aliphatic rings. The summed E-state index contributed by atoms with van der Waals surface area (Å²) in [5.74, 6) is -1.69. The van der Waals surface area contributed by atoms with E-state index in [9.17, 15) is 19.6 Å². The monoisotopic (exact) mass is 502 g/mol. The summed E-state index contributed by atoms with van der Waals surface area (Å²) in [6, 6.07) is 4.65. The fourth-order valence-electron chi connectivity index (χ4n) is 3.16. The molecule has 2 aromatic rings. The van der Waals surface area contributed by atoms with E-state index in [0.29, 0.717) is 5.56 Å². The zero-order chi connectivity index (χ0) is 25.8. The van der Waals surface area contributed by atoms with Gasteiger partial charge in [0.05, 0.1) is 16.5 Å². The molecule has 176 valence electrons. The molecule has 3 heterocycles. The Morgan fingerprint density at radius 3 is 3.00 bits per heavy atom. The van der Waals surface area contributed by atoms with Crippen LogP contribution < -0.4 is 14.8 Å². The standard InChI is InChI=1S/C19H18FN2O9PS/c1-3-10-7-22(18(33)21-16(10)25)17-13(23)15(24)19(20,30-17)9-29-32(26)28-8-11-5-4-6-12(27-2)14(11)31-32/h1,4-7,13,15,17,23-24H,8-9H2,2H3,(H,21,25,33)/t13-,15+,17-,19-,32?/m1/s1/i9D2. The van der Waals surface area contributed by atoms with Crippen LogP contribution in [0, 0.1) is 17.1 Å². The maximum Gasteiger partial charge on any atom is 0.530 e. The van der Waals surface area contributed by atoms with Gasteiger partial charge in [-0.25, -0.2) is 8.96 Å². The molecule has 1 fully saturated rings. The van der Waals surface area contributed by atoms with Crippen LogP contribution in [0.4, 0.5) is 4.39 Å². The molecule has 14 heteroatoms. The van der Waals surface area contributed by atoms with Gasteiger partial charge in [0.2, 0.25) is 0 Å². The van der Waals surface area contributed by atoms with Crippen molar-refractivity contribution in [3.8, 4) is 23.8 Å². The van der Waals surface area contributed by atoms with Gasteiger partial charge in [0.1, 0.15) is 24.3 Å². The molecular formula is C19H18FN2O9PS. The van der Waals surface area contributed by atoms with Crippen molar-refractivity contribution in [1.29, 1.82) is 0 Å². The van der Waals surface area contributed by atoms with Crippen LogP contribution in [0.1, 0.15) is 20.1 Å². The highest BCUT2D eigenvalue weighted by atomic mass is 32.1. The van der Waals surface area contributed by atoms with E-state index in [1.54, 1.807) is 12.1 Å². The minimum Gasteiger partial charge on any atom is -0.493 e. The van der Waals surface area contributed by atoms with E-state index < -0.39 is 44.2 Å². The minimum absolute atomic E-state index is 0.0690. The molecule has 1 aromatic heterocycles. The Morgan fingerprint density at radius 2 is 2.30 bits per heavy atom. The van der Waals surface area contributed by atoms with E-state index in [1.165, 1.54) is 13.2 Å². The SMILES string of the molecule is [2H]C([2H])(OP1(=O)OCc2cccc(OC)c2O1)[C@@]1(F)O[C@@H](n2cc(C#C)c(=O)[nH]c2=S)[C@H](O)[C@@H]1O. The van der Waals surface area contributed by atoms with E-state index in [1.807, 2.05) is 0 Å². The Kier molecular flexibility index (Phi) is 5.51. The van der Waals surface area contributed by atoms with Gasteiger partial charge in [0.15, 0.2) is 22.5 Å². The number of hydrogen-bond donors (Lipinski definition) is 3. The zero-order valence-electron chi connectivity index (χ0n) is 18.8. The van der Waals surface area contributed by atoms with Crippen molar-refractivity contribution in [2.45, 2.75) is 30.9 Å². The molecule has 0 bridgehead atoms. The molecule has 1 unspecified atom stereocenters. The smallest absolute Gasteiger partial charge is 0.493 e. The summed E-state index contributed by atoms with van der Waals surface area (Å²) in [5, 5.41) is 20.8. The van der Waals surface area contributed by atoms with Crippen molar-refractivity contribution < 1.29 is 45.0 Å². The lowest BCUT2D eigenvalue weighted by Gasteiger charge is -2.29. The van der Waals surface area contributed by atoms with Crippen molar-refractivity contribution >= 4 is 20.0 Å². The third kappa shape index (κ3) is 4.22. The highest BCUT2D eigenvalue weighted by Gasteiger charge is 2.57. The number of hydrogen-bond acceptors (Lipinski definition) is 10. The quantitative estimate of drug-likeness (QED) is 0.313. The molecule has 0 amide bonds. The number of aliphatic hydroxyl groups excluding tert-OH is 2. The fourth-order valence-corrected chi connectivity index (χ4v) is 4.52. The highest BCUT2D eigenvalue weighted by molar-refractivity contribution is 7.71. The number of terminal acetylenes is 1. The van der Waals surface area contributed by atoms with Crippen LogP contribution in [-0.2, 0) is 25.0 Å². The lowest BCUT2D eigenvalue weighted by atomic mass is 10.1. The molecule has 0 aliphatic carbocycles. The van der Waals surface area contributed by atoms with Crippen LogP contribution >= 0.6 is 20.0 Å². The molecule has 4 rings (SSSR count). The van der Waals surface area contributed by atoms with Gasteiger partial charge in [0, 0.05) is 11.8 Å². The molecule has 1 saturated heterocycles. The summed E-state index contributed by atoms with van der Waals surface area (Å²) in [7, 11) is -3.53. The van der Waals surface area contributed by atoms with Crippen LogP contribution in [0.25, 0.3) is 0 Å². The predicted octanol–water partition coefficient (Wildman–Crippen LogP) is 1.55. The fraction of sp³-hybridized carbons (Fsp3) is 0.368. The number of phosphoric acid groups is 1. The number of phosphoric ester groups is 1. The van der Waals surface area contributed by atoms with Crippen molar-refractivity contribution in [3.05, 3.63) is 50.6 Å². The second-order valence-corrected chi connectivity index (χ2v) is 8.80. The van der Waals surface area contributed by atoms with Crippen molar-refractivity contribution in [3.63, 3.8) is 0 Å². The second-order valence-electron chi connectivity index (χ2n) is 6.90. The molecule has 5 atom stereocenters. The molecule has 2 aliphatic heterocycles. The van der Waals surface area contributed by atoms with Crippen LogP contribution in [0.5, 0.6) is 11.5 Å². The van der Waals surface area contributed by atoms with E-state index in [0.717, 1.165) is 10.8 Å². The third-order valence-corrected chi connectivity index (χ3v) is 6.32. The Morgan fingerprint density at radius 1 is 1.55 bits per heavy atom. The number of H-pyrrole nitrogens is 1. The zero-order valence-corrected chi connectivity index (χ0v) is 18.5. The Hall–Kier alpha value is -2.56. The average molecular weight is 502 g/mol. The normalized spacial score (nSPS) is 32.2. The molecule has 0 spiro atoms. The topological polar surface area (TPSA) is 141 Å². The molecule has 33 heavy (non-hydrogen) atoms. The first-order chi connectivity index (χ1) is 16.4. The largest absolute Gasteiger partial charge is 0.530 e. The van der Waals surface area contributed by atoms with Crippen LogP contribution in [0.2, 0.25) is 0 Å². The maximum atomic E-state index is 15.9. The summed E-state index contributed by atoms with van der Waals surface area (Å²) in [6.07, 6.45) is -0.374. The van der Waals surface area contributed by atoms with E-state index in [4.69, 9.17) is 44.4 Å². The number of nitrogens with zero attached hydrogens (tertiary/aromatic N) is 1. The maximum absolute atomic E-state index is 15.9. The van der Waals surface area contributed by atoms with Gasteiger partial charge in [-0.3, -0.25) is 23.4 Å². The van der Waals surface area contributed by atoms with E-state index in [2.05, 4.69) is 10.9 Å². The first kappa shape index (κ1) is 21.0. The number of rotatable bonds is 5. The van der Waals surface area contributed by atoms with Gasteiger partial charge >= 0.3 is 7.82 Å². The first-order valence-corrected chi connectivity index (χ1v) is 11.1. The summed E-state index contributed by atoms with van der Waals surface area (Å²) in [6.45, 7) is -4.06. The minimum atomic E-state index is -4.84. The number of para-hydroxylation sites is 1. The van der Waals surface area contributed by atoms with Gasteiger partial charge in [-0.1, -0.05) is 18.1 Å². The number of nitrogens with one attached hydrogen (secondary N) is 1. The summed E-state index contributed by atoms with van der Waals surface area (Å²) >= 11 is 4.98. The molecule has 3 N–H and O–H groups in total. The highest BCUT2D eigenvalue weighted by Crippen LogP contribution is 2.57. The van der Waals surface area contributed by atoms with E-state index in [-0.39, 0.29) is 28.4 Å². The number of benzene rings is 1.